The Balaban J connectivity index is 3.23. The van der Waals surface area contributed by atoms with Crippen molar-refractivity contribution in [3.8, 4) is 0 Å². The Labute approximate surface area is 88.1 Å². The van der Waals surface area contributed by atoms with E-state index in [2.05, 4.69) is 0 Å². The predicted molar refractivity (Wildman–Crippen MR) is 54.2 cm³/mol. The second kappa shape index (κ2) is 4.69. The Hall–Kier alpha value is -0.990. The van der Waals surface area contributed by atoms with E-state index in [-0.39, 0.29) is 17.4 Å². The number of benzene rings is 1. The molecule has 1 atom stereocenters. The van der Waals surface area contributed by atoms with Gasteiger partial charge in [-0.25, -0.2) is 13.2 Å². The fourth-order valence-corrected chi connectivity index (χ4v) is 1.92. The highest BCUT2D eigenvalue weighted by atomic mass is 19.1. The monoisotopic (exact) mass is 216 g/mol. The Morgan fingerprint density at radius 1 is 1.07 bits per heavy atom. The molecule has 84 valence electrons. The molecule has 0 heterocycles. The van der Waals surface area contributed by atoms with Gasteiger partial charge in [-0.2, -0.15) is 0 Å². The molecule has 0 saturated heterocycles. The van der Waals surface area contributed by atoms with E-state index in [1.165, 1.54) is 0 Å². The van der Waals surface area contributed by atoms with Crippen molar-refractivity contribution in [1.29, 1.82) is 0 Å². The highest BCUT2D eigenvalue weighted by Crippen LogP contribution is 2.31. The maximum atomic E-state index is 13.4. The summed E-state index contributed by atoms with van der Waals surface area (Å²) in [6, 6.07) is 1.48. The van der Waals surface area contributed by atoms with Gasteiger partial charge in [-0.1, -0.05) is 20.8 Å². The van der Waals surface area contributed by atoms with Gasteiger partial charge < -0.3 is 0 Å². The lowest BCUT2D eigenvalue weighted by Crippen LogP contribution is -2.10. The molecule has 1 aromatic rings. The zero-order valence-corrected chi connectivity index (χ0v) is 9.15. The molecule has 0 nitrogen and oxygen atoms in total. The van der Waals surface area contributed by atoms with Gasteiger partial charge in [0.1, 0.15) is 17.5 Å². The van der Waals surface area contributed by atoms with Gasteiger partial charge in [0, 0.05) is 17.7 Å². The largest absolute Gasteiger partial charge is 0.207 e. The van der Waals surface area contributed by atoms with E-state index >= 15 is 0 Å². The van der Waals surface area contributed by atoms with Crippen LogP contribution in [0.15, 0.2) is 12.1 Å². The molecular formula is C12H15F3. The molecule has 0 aliphatic heterocycles. The zero-order valence-electron chi connectivity index (χ0n) is 9.15. The molecule has 0 fully saturated rings. The predicted octanol–water partition coefficient (Wildman–Crippen LogP) is 4.25. The van der Waals surface area contributed by atoms with Gasteiger partial charge in [-0.3, -0.25) is 0 Å². The van der Waals surface area contributed by atoms with Crippen LogP contribution in [0.25, 0.3) is 0 Å². The Bertz CT molecular complexity index is 322. The summed E-state index contributed by atoms with van der Waals surface area (Å²) >= 11 is 0. The van der Waals surface area contributed by atoms with Crippen molar-refractivity contribution in [3.63, 3.8) is 0 Å². The number of hydrogen-bond acceptors (Lipinski definition) is 0. The smallest absolute Gasteiger partial charge is 0.132 e. The van der Waals surface area contributed by atoms with Crippen LogP contribution in [0.4, 0.5) is 13.2 Å². The number of halogens is 3. The van der Waals surface area contributed by atoms with E-state index < -0.39 is 17.5 Å². The summed E-state index contributed by atoms with van der Waals surface area (Å²) in [4.78, 5) is 0. The summed E-state index contributed by atoms with van der Waals surface area (Å²) in [7, 11) is 0. The number of hydrogen-bond donors (Lipinski definition) is 0. The molecule has 0 saturated carbocycles. The molecule has 1 unspecified atom stereocenters. The highest BCUT2D eigenvalue weighted by Gasteiger charge is 2.22. The van der Waals surface area contributed by atoms with Crippen LogP contribution >= 0.6 is 0 Å². The minimum Gasteiger partial charge on any atom is -0.207 e. The third-order valence-corrected chi connectivity index (χ3v) is 2.66. The SMILES string of the molecule is CCC(c1c(F)cc(F)cc1F)C(C)C. The maximum Gasteiger partial charge on any atom is 0.132 e. The molecule has 0 radical (unpaired) electrons. The van der Waals surface area contributed by atoms with E-state index in [1.807, 2.05) is 20.8 Å². The van der Waals surface area contributed by atoms with Gasteiger partial charge in [0.15, 0.2) is 0 Å². The van der Waals surface area contributed by atoms with Gasteiger partial charge in [0.2, 0.25) is 0 Å². The van der Waals surface area contributed by atoms with Crippen molar-refractivity contribution in [1.82, 2.24) is 0 Å². The van der Waals surface area contributed by atoms with Crippen LogP contribution in [-0.2, 0) is 0 Å². The first-order valence-electron chi connectivity index (χ1n) is 5.11. The van der Waals surface area contributed by atoms with E-state index in [0.29, 0.717) is 6.42 Å². The maximum absolute atomic E-state index is 13.4. The average molecular weight is 216 g/mol. The average Bonchev–Trinajstić information content (AvgIpc) is 2.09. The van der Waals surface area contributed by atoms with Gasteiger partial charge in [-0.15, -0.1) is 0 Å². The third kappa shape index (κ3) is 2.52. The quantitative estimate of drug-likeness (QED) is 0.708. The molecule has 15 heavy (non-hydrogen) atoms. The lowest BCUT2D eigenvalue weighted by atomic mass is 9.86. The molecule has 0 amide bonds. The van der Waals surface area contributed by atoms with Crippen molar-refractivity contribution in [3.05, 3.63) is 35.1 Å². The molecule has 0 aromatic heterocycles. The van der Waals surface area contributed by atoms with Crippen LogP contribution < -0.4 is 0 Å². The molecule has 0 bridgehead atoms. The lowest BCUT2D eigenvalue weighted by molar-refractivity contribution is 0.429. The summed E-state index contributed by atoms with van der Waals surface area (Å²) in [5.41, 5.74) is 0.00824. The number of rotatable bonds is 3. The first-order valence-corrected chi connectivity index (χ1v) is 5.11. The van der Waals surface area contributed by atoms with Crippen molar-refractivity contribution in [2.24, 2.45) is 5.92 Å². The second-order valence-corrected chi connectivity index (χ2v) is 4.04. The third-order valence-electron chi connectivity index (χ3n) is 2.66. The highest BCUT2D eigenvalue weighted by molar-refractivity contribution is 5.25. The van der Waals surface area contributed by atoms with Crippen LogP contribution in [0.1, 0.15) is 38.7 Å². The topological polar surface area (TPSA) is 0 Å². The van der Waals surface area contributed by atoms with Crippen molar-refractivity contribution in [2.75, 3.05) is 0 Å². The fraction of sp³-hybridized carbons (Fsp3) is 0.500. The van der Waals surface area contributed by atoms with Crippen LogP contribution in [0.2, 0.25) is 0 Å². The van der Waals surface area contributed by atoms with Crippen LogP contribution in [0.3, 0.4) is 0 Å². The Kier molecular flexibility index (Phi) is 3.77. The minimum absolute atomic E-state index is 0.00824. The second-order valence-electron chi connectivity index (χ2n) is 4.04. The van der Waals surface area contributed by atoms with E-state index in [0.717, 1.165) is 12.1 Å². The summed E-state index contributed by atoms with van der Waals surface area (Å²) in [5.74, 6) is -2.51. The van der Waals surface area contributed by atoms with Gasteiger partial charge in [0.25, 0.3) is 0 Å². The first kappa shape index (κ1) is 12.1. The molecule has 1 aromatic carbocycles. The van der Waals surface area contributed by atoms with Crippen LogP contribution in [0.5, 0.6) is 0 Å². The van der Waals surface area contributed by atoms with Crippen LogP contribution in [0, 0.1) is 23.4 Å². The lowest BCUT2D eigenvalue weighted by Gasteiger charge is -2.20. The molecule has 0 spiro atoms. The van der Waals surface area contributed by atoms with Crippen molar-refractivity contribution < 1.29 is 13.2 Å². The molecule has 1 rings (SSSR count). The van der Waals surface area contributed by atoms with Crippen molar-refractivity contribution >= 4 is 0 Å². The summed E-state index contributed by atoms with van der Waals surface area (Å²) in [6.45, 7) is 5.67. The fourth-order valence-electron chi connectivity index (χ4n) is 1.92. The molecule has 0 aliphatic rings. The van der Waals surface area contributed by atoms with Crippen LogP contribution in [-0.4, -0.2) is 0 Å². The Morgan fingerprint density at radius 2 is 1.53 bits per heavy atom. The summed E-state index contributed by atoms with van der Waals surface area (Å²) in [6.07, 6.45) is 0.636. The Morgan fingerprint density at radius 3 is 1.87 bits per heavy atom. The molecule has 0 N–H and O–H groups in total. The normalized spacial score (nSPS) is 13.3. The van der Waals surface area contributed by atoms with E-state index in [9.17, 15) is 13.2 Å². The van der Waals surface area contributed by atoms with E-state index in [1.54, 1.807) is 0 Å². The minimum atomic E-state index is -0.868. The van der Waals surface area contributed by atoms with Gasteiger partial charge in [0.05, 0.1) is 0 Å². The van der Waals surface area contributed by atoms with Gasteiger partial charge >= 0.3 is 0 Å². The standard InChI is InChI=1S/C12H15F3/c1-4-9(7(2)3)12-10(14)5-8(13)6-11(12)15/h5-7,9H,4H2,1-3H3. The first-order chi connectivity index (χ1) is 6.97. The zero-order chi connectivity index (χ0) is 11.6. The summed E-state index contributed by atoms with van der Waals surface area (Å²) in [5, 5.41) is 0. The summed E-state index contributed by atoms with van der Waals surface area (Å²) < 4.78 is 39.6. The van der Waals surface area contributed by atoms with Gasteiger partial charge in [-0.05, 0) is 18.3 Å². The molecular weight excluding hydrogens is 201 g/mol. The van der Waals surface area contributed by atoms with Crippen molar-refractivity contribution in [2.45, 2.75) is 33.1 Å². The molecule has 0 aliphatic carbocycles. The molecule has 3 heteroatoms. The van der Waals surface area contributed by atoms with E-state index in [4.69, 9.17) is 0 Å².